The number of nitrogens with zero attached hydrogens (tertiary/aromatic N) is 1. The highest BCUT2D eigenvalue weighted by atomic mass is 16.5. The molecular formula is C22H31N3O3. The third kappa shape index (κ3) is 6.08. The second kappa shape index (κ2) is 11.1. The van der Waals surface area contributed by atoms with Crippen molar-refractivity contribution in [2.75, 3.05) is 34.4 Å². The molecule has 2 rings (SSSR count). The number of hydrogen-bond acceptors (Lipinski definition) is 4. The van der Waals surface area contributed by atoms with E-state index < -0.39 is 0 Å². The molecule has 0 radical (unpaired) electrons. The van der Waals surface area contributed by atoms with Crippen LogP contribution in [0.1, 0.15) is 23.6 Å². The largest absolute Gasteiger partial charge is 0.496 e. The minimum absolute atomic E-state index is 0.596. The quantitative estimate of drug-likeness (QED) is 0.512. The van der Waals surface area contributed by atoms with Gasteiger partial charge in [-0.05, 0) is 49.6 Å². The highest BCUT2D eigenvalue weighted by molar-refractivity contribution is 5.79. The number of rotatable bonds is 9. The van der Waals surface area contributed by atoms with Crippen LogP contribution in [0.15, 0.2) is 41.4 Å². The molecule has 0 unspecified atom stereocenters. The van der Waals surface area contributed by atoms with E-state index >= 15 is 0 Å². The number of aliphatic imine (C=N–C) groups is 1. The smallest absolute Gasteiger partial charge is 0.191 e. The molecule has 0 bridgehead atoms. The molecule has 6 nitrogen and oxygen atoms in total. The topological polar surface area (TPSA) is 64.1 Å². The summed E-state index contributed by atoms with van der Waals surface area (Å²) >= 11 is 0. The van der Waals surface area contributed by atoms with Crippen molar-refractivity contribution in [3.8, 4) is 17.2 Å². The van der Waals surface area contributed by atoms with Crippen molar-refractivity contribution < 1.29 is 14.2 Å². The molecule has 0 amide bonds. The van der Waals surface area contributed by atoms with Crippen molar-refractivity contribution in [1.82, 2.24) is 10.6 Å². The van der Waals surface area contributed by atoms with Crippen LogP contribution >= 0.6 is 0 Å². The minimum Gasteiger partial charge on any atom is -0.496 e. The van der Waals surface area contributed by atoms with E-state index in [1.807, 2.05) is 31.2 Å². The lowest BCUT2D eigenvalue weighted by atomic mass is 10.1. The number of aryl methyl sites for hydroxylation is 1. The average Bonchev–Trinajstić information content (AvgIpc) is 2.71. The van der Waals surface area contributed by atoms with Crippen molar-refractivity contribution >= 4 is 5.96 Å². The Balaban J connectivity index is 1.90. The van der Waals surface area contributed by atoms with Crippen molar-refractivity contribution in [3.05, 3.63) is 53.1 Å². The summed E-state index contributed by atoms with van der Waals surface area (Å²) in [6.07, 6.45) is 0.850. The van der Waals surface area contributed by atoms with Gasteiger partial charge >= 0.3 is 0 Å². The molecule has 6 heteroatoms. The van der Waals surface area contributed by atoms with Crippen LogP contribution in [0.5, 0.6) is 17.2 Å². The van der Waals surface area contributed by atoms with E-state index in [2.05, 4.69) is 34.7 Å². The molecule has 2 aromatic rings. The monoisotopic (exact) mass is 385 g/mol. The van der Waals surface area contributed by atoms with Crippen molar-refractivity contribution in [2.45, 2.75) is 26.8 Å². The summed E-state index contributed by atoms with van der Waals surface area (Å²) in [6, 6.07) is 12.1. The summed E-state index contributed by atoms with van der Waals surface area (Å²) in [5.74, 6) is 3.15. The second-order valence-corrected chi connectivity index (χ2v) is 6.34. The predicted molar refractivity (Wildman–Crippen MR) is 114 cm³/mol. The minimum atomic E-state index is 0.596. The van der Waals surface area contributed by atoms with E-state index in [1.54, 1.807) is 21.3 Å². The molecule has 0 spiro atoms. The van der Waals surface area contributed by atoms with Crippen LogP contribution in [-0.4, -0.2) is 40.4 Å². The SMILES string of the molecule is CCOc1cc(CNC(=NC)NCCc2cc(C)ccc2OC)ccc1OC. The Bertz CT molecular complexity index is 791. The molecule has 28 heavy (non-hydrogen) atoms. The molecule has 0 aromatic heterocycles. The Morgan fingerprint density at radius 2 is 1.71 bits per heavy atom. The van der Waals surface area contributed by atoms with E-state index in [9.17, 15) is 0 Å². The zero-order valence-corrected chi connectivity index (χ0v) is 17.5. The van der Waals surface area contributed by atoms with E-state index in [-0.39, 0.29) is 0 Å². The van der Waals surface area contributed by atoms with Crippen LogP contribution in [0.2, 0.25) is 0 Å². The van der Waals surface area contributed by atoms with Gasteiger partial charge in [0.25, 0.3) is 0 Å². The van der Waals surface area contributed by atoms with Crippen LogP contribution in [0.4, 0.5) is 0 Å². The summed E-state index contributed by atoms with van der Waals surface area (Å²) in [4.78, 5) is 4.29. The van der Waals surface area contributed by atoms with Crippen LogP contribution in [0.25, 0.3) is 0 Å². The number of nitrogens with one attached hydrogen (secondary N) is 2. The Morgan fingerprint density at radius 1 is 0.964 bits per heavy atom. The first kappa shape index (κ1) is 21.4. The zero-order chi connectivity index (χ0) is 20.4. The first-order chi connectivity index (χ1) is 13.6. The van der Waals surface area contributed by atoms with Crippen LogP contribution in [-0.2, 0) is 13.0 Å². The molecule has 0 heterocycles. The van der Waals surface area contributed by atoms with E-state index in [0.29, 0.717) is 13.2 Å². The fourth-order valence-corrected chi connectivity index (χ4v) is 2.92. The summed E-state index contributed by atoms with van der Waals surface area (Å²) in [7, 11) is 5.11. The normalized spacial score (nSPS) is 11.1. The molecular weight excluding hydrogens is 354 g/mol. The molecule has 152 valence electrons. The molecule has 0 aliphatic heterocycles. The summed E-state index contributed by atoms with van der Waals surface area (Å²) in [5, 5.41) is 6.68. The van der Waals surface area contributed by atoms with Gasteiger partial charge in [0.15, 0.2) is 17.5 Å². The van der Waals surface area contributed by atoms with Gasteiger partial charge in [-0.25, -0.2) is 0 Å². The molecule has 0 atom stereocenters. The van der Waals surface area contributed by atoms with Crippen molar-refractivity contribution in [3.63, 3.8) is 0 Å². The molecule has 0 fully saturated rings. The fourth-order valence-electron chi connectivity index (χ4n) is 2.92. The summed E-state index contributed by atoms with van der Waals surface area (Å²) in [5.41, 5.74) is 3.50. The maximum atomic E-state index is 5.64. The Morgan fingerprint density at radius 3 is 2.39 bits per heavy atom. The summed E-state index contributed by atoms with van der Waals surface area (Å²) in [6.45, 7) is 6.03. The second-order valence-electron chi connectivity index (χ2n) is 6.34. The van der Waals surface area contributed by atoms with Gasteiger partial charge in [-0.2, -0.15) is 0 Å². The number of benzene rings is 2. The predicted octanol–water partition coefficient (Wildman–Crippen LogP) is 3.32. The van der Waals surface area contributed by atoms with Gasteiger partial charge in [-0.1, -0.05) is 23.8 Å². The third-order valence-electron chi connectivity index (χ3n) is 4.33. The Labute approximate surface area is 167 Å². The number of hydrogen-bond donors (Lipinski definition) is 2. The van der Waals surface area contributed by atoms with Crippen LogP contribution in [0, 0.1) is 6.92 Å². The molecule has 0 aliphatic rings. The Hall–Kier alpha value is -2.89. The maximum Gasteiger partial charge on any atom is 0.191 e. The first-order valence-electron chi connectivity index (χ1n) is 9.49. The average molecular weight is 386 g/mol. The Kier molecular flexibility index (Phi) is 8.46. The van der Waals surface area contributed by atoms with Gasteiger partial charge in [-0.15, -0.1) is 0 Å². The molecule has 0 aliphatic carbocycles. The lowest BCUT2D eigenvalue weighted by Crippen LogP contribution is -2.37. The van der Waals surface area contributed by atoms with Gasteiger partial charge in [0.1, 0.15) is 5.75 Å². The van der Waals surface area contributed by atoms with E-state index in [1.165, 1.54) is 11.1 Å². The van der Waals surface area contributed by atoms with Gasteiger partial charge in [0.05, 0.1) is 20.8 Å². The van der Waals surface area contributed by atoms with Gasteiger partial charge in [0.2, 0.25) is 0 Å². The van der Waals surface area contributed by atoms with Gasteiger partial charge < -0.3 is 24.8 Å². The highest BCUT2D eigenvalue weighted by Crippen LogP contribution is 2.28. The molecule has 2 N–H and O–H groups in total. The van der Waals surface area contributed by atoms with Gasteiger partial charge in [-0.3, -0.25) is 4.99 Å². The van der Waals surface area contributed by atoms with Crippen LogP contribution < -0.4 is 24.8 Å². The van der Waals surface area contributed by atoms with E-state index in [0.717, 1.165) is 41.7 Å². The zero-order valence-electron chi connectivity index (χ0n) is 17.5. The number of guanidine groups is 1. The third-order valence-corrected chi connectivity index (χ3v) is 4.33. The highest BCUT2D eigenvalue weighted by Gasteiger charge is 2.07. The maximum absolute atomic E-state index is 5.64. The lowest BCUT2D eigenvalue weighted by Gasteiger charge is -2.15. The van der Waals surface area contributed by atoms with Crippen molar-refractivity contribution in [1.29, 1.82) is 0 Å². The van der Waals surface area contributed by atoms with Crippen molar-refractivity contribution in [2.24, 2.45) is 4.99 Å². The molecule has 2 aromatic carbocycles. The standard InChI is InChI=1S/C22H31N3O3/c1-6-28-21-14-17(8-10-20(21)27-5)15-25-22(23-3)24-12-11-18-13-16(2)7-9-19(18)26-4/h7-10,13-14H,6,11-12,15H2,1-5H3,(H2,23,24,25). The fraction of sp³-hybridized carbons (Fsp3) is 0.409. The van der Waals surface area contributed by atoms with E-state index in [4.69, 9.17) is 14.2 Å². The number of methoxy groups -OCH3 is 2. The lowest BCUT2D eigenvalue weighted by molar-refractivity contribution is 0.310. The first-order valence-corrected chi connectivity index (χ1v) is 9.49. The molecule has 0 saturated heterocycles. The van der Waals surface area contributed by atoms with Gasteiger partial charge in [0, 0.05) is 20.1 Å². The summed E-state index contributed by atoms with van der Waals surface area (Å²) < 4.78 is 16.4. The van der Waals surface area contributed by atoms with Crippen LogP contribution in [0.3, 0.4) is 0 Å². The molecule has 0 saturated carbocycles. The number of ether oxygens (including phenoxy) is 3.